The average molecular weight is 356 g/mol. The lowest BCUT2D eigenvalue weighted by Crippen LogP contribution is -2.37. The number of amidine groups is 1. The number of hydrogen-bond acceptors (Lipinski definition) is 6. The largest absolute Gasteiger partial charge is 0.460 e. The molecule has 0 amide bonds. The fourth-order valence-electron chi connectivity index (χ4n) is 2.12. The molecule has 0 unspecified atom stereocenters. The molecule has 2 aromatic carbocycles. The highest BCUT2D eigenvalue weighted by Gasteiger charge is 2.13. The minimum atomic E-state index is -0.599. The SMILES string of the molecule is CCOC(=O)C(=NCCc1ccccc1)NNc1cccc([N+](=O)[O-])c1. The van der Waals surface area contributed by atoms with Crippen LogP contribution in [0, 0.1) is 10.1 Å². The van der Waals surface area contributed by atoms with Gasteiger partial charge in [-0.05, 0) is 25.0 Å². The standard InChI is InChI=1S/C18H20N4O4/c1-2-26-18(23)17(19-12-11-14-7-4-3-5-8-14)21-20-15-9-6-10-16(13-15)22(24)25/h3-10,13,20H,2,11-12H2,1H3,(H,19,21). The van der Waals surface area contributed by atoms with E-state index in [0.29, 0.717) is 18.7 Å². The van der Waals surface area contributed by atoms with E-state index < -0.39 is 10.9 Å². The summed E-state index contributed by atoms with van der Waals surface area (Å²) >= 11 is 0. The first-order chi connectivity index (χ1) is 12.6. The van der Waals surface area contributed by atoms with Crippen molar-refractivity contribution in [3.63, 3.8) is 0 Å². The molecule has 2 aromatic rings. The molecule has 0 aliphatic heterocycles. The number of aliphatic imine (C=N–C) groups is 1. The fourth-order valence-corrected chi connectivity index (χ4v) is 2.12. The second-order valence-electron chi connectivity index (χ2n) is 5.24. The lowest BCUT2D eigenvalue weighted by Gasteiger charge is -2.11. The number of nitro benzene ring substituents is 1. The Morgan fingerprint density at radius 1 is 1.19 bits per heavy atom. The van der Waals surface area contributed by atoms with Crippen LogP contribution in [0.3, 0.4) is 0 Å². The Kier molecular flexibility index (Phi) is 7.11. The van der Waals surface area contributed by atoms with Crippen LogP contribution in [0.4, 0.5) is 11.4 Å². The summed E-state index contributed by atoms with van der Waals surface area (Å²) in [6.45, 7) is 2.31. The summed E-state index contributed by atoms with van der Waals surface area (Å²) < 4.78 is 4.98. The summed E-state index contributed by atoms with van der Waals surface area (Å²) in [5.41, 5.74) is 6.89. The maximum absolute atomic E-state index is 12.0. The van der Waals surface area contributed by atoms with E-state index in [-0.39, 0.29) is 18.1 Å². The minimum absolute atomic E-state index is 0.00860. The second kappa shape index (κ2) is 9.77. The normalized spacial score (nSPS) is 10.9. The molecule has 136 valence electrons. The molecule has 0 saturated carbocycles. The number of rotatable bonds is 7. The maximum Gasteiger partial charge on any atom is 0.375 e. The van der Waals surface area contributed by atoms with Crippen LogP contribution in [0.25, 0.3) is 0 Å². The molecule has 0 atom stereocenters. The van der Waals surface area contributed by atoms with Crippen molar-refractivity contribution in [3.8, 4) is 0 Å². The van der Waals surface area contributed by atoms with Crippen molar-refractivity contribution in [2.24, 2.45) is 4.99 Å². The van der Waals surface area contributed by atoms with Crippen molar-refractivity contribution >= 4 is 23.2 Å². The summed E-state index contributed by atoms with van der Waals surface area (Å²) in [5, 5.41) is 10.8. The number of nitro groups is 1. The van der Waals surface area contributed by atoms with Gasteiger partial charge in [0.1, 0.15) is 0 Å². The molecule has 0 bridgehead atoms. The predicted molar refractivity (Wildman–Crippen MR) is 98.9 cm³/mol. The number of hydrazine groups is 1. The predicted octanol–water partition coefficient (Wildman–Crippen LogP) is 2.72. The molecule has 0 fully saturated rings. The van der Waals surface area contributed by atoms with Crippen molar-refractivity contribution in [2.75, 3.05) is 18.6 Å². The van der Waals surface area contributed by atoms with Gasteiger partial charge in [0.05, 0.1) is 17.2 Å². The summed E-state index contributed by atoms with van der Waals surface area (Å²) in [4.78, 5) is 26.6. The van der Waals surface area contributed by atoms with Gasteiger partial charge in [-0.3, -0.25) is 26.0 Å². The van der Waals surface area contributed by atoms with Crippen LogP contribution < -0.4 is 10.9 Å². The van der Waals surface area contributed by atoms with Crippen molar-refractivity contribution in [3.05, 3.63) is 70.3 Å². The maximum atomic E-state index is 12.0. The highest BCUT2D eigenvalue weighted by Crippen LogP contribution is 2.16. The van der Waals surface area contributed by atoms with Gasteiger partial charge in [0, 0.05) is 18.7 Å². The first kappa shape index (κ1) is 18.9. The average Bonchev–Trinajstić information content (AvgIpc) is 2.65. The summed E-state index contributed by atoms with van der Waals surface area (Å²) in [6.07, 6.45) is 0.669. The first-order valence-electron chi connectivity index (χ1n) is 8.12. The Morgan fingerprint density at radius 3 is 2.65 bits per heavy atom. The third kappa shape index (κ3) is 5.90. The van der Waals surface area contributed by atoms with Crippen LogP contribution in [-0.4, -0.2) is 29.9 Å². The van der Waals surface area contributed by atoms with Gasteiger partial charge in [0.2, 0.25) is 5.84 Å². The van der Waals surface area contributed by atoms with E-state index in [0.717, 1.165) is 5.56 Å². The van der Waals surface area contributed by atoms with Crippen LogP contribution in [0.2, 0.25) is 0 Å². The van der Waals surface area contributed by atoms with Crippen LogP contribution in [-0.2, 0) is 16.0 Å². The highest BCUT2D eigenvalue weighted by molar-refractivity contribution is 6.35. The van der Waals surface area contributed by atoms with Gasteiger partial charge < -0.3 is 4.74 Å². The van der Waals surface area contributed by atoms with E-state index in [1.807, 2.05) is 30.3 Å². The Balaban J connectivity index is 2.02. The summed E-state index contributed by atoms with van der Waals surface area (Å²) in [5.74, 6) is -0.590. The number of carbonyl (C=O) groups is 1. The van der Waals surface area contributed by atoms with Gasteiger partial charge in [-0.1, -0.05) is 36.4 Å². The Hall–Kier alpha value is -3.42. The quantitative estimate of drug-likeness (QED) is 0.260. The molecular formula is C18H20N4O4. The molecule has 0 aromatic heterocycles. The van der Waals surface area contributed by atoms with Gasteiger partial charge in [-0.25, -0.2) is 4.79 Å². The number of anilines is 1. The fraction of sp³-hybridized carbons (Fsp3) is 0.222. The Morgan fingerprint density at radius 2 is 1.96 bits per heavy atom. The summed E-state index contributed by atoms with van der Waals surface area (Å²) in [7, 11) is 0. The van der Waals surface area contributed by atoms with E-state index in [1.54, 1.807) is 19.1 Å². The van der Waals surface area contributed by atoms with Gasteiger partial charge in [0.15, 0.2) is 0 Å². The zero-order valence-electron chi connectivity index (χ0n) is 14.3. The van der Waals surface area contributed by atoms with Gasteiger partial charge in [-0.2, -0.15) is 0 Å². The molecule has 0 aliphatic carbocycles. The van der Waals surface area contributed by atoms with Gasteiger partial charge >= 0.3 is 5.97 Å². The van der Waals surface area contributed by atoms with Crippen molar-refractivity contribution < 1.29 is 14.5 Å². The van der Waals surface area contributed by atoms with Gasteiger partial charge in [0.25, 0.3) is 5.69 Å². The smallest absolute Gasteiger partial charge is 0.375 e. The number of nitrogens with one attached hydrogen (secondary N) is 2. The van der Waals surface area contributed by atoms with Crippen molar-refractivity contribution in [2.45, 2.75) is 13.3 Å². The molecule has 0 aliphatic rings. The summed E-state index contributed by atoms with van der Waals surface area (Å²) in [6, 6.07) is 15.7. The topological polar surface area (TPSA) is 106 Å². The van der Waals surface area contributed by atoms with Crippen LogP contribution in [0.1, 0.15) is 12.5 Å². The van der Waals surface area contributed by atoms with Crippen LogP contribution >= 0.6 is 0 Å². The van der Waals surface area contributed by atoms with Crippen molar-refractivity contribution in [1.29, 1.82) is 0 Å². The molecule has 8 nitrogen and oxygen atoms in total. The first-order valence-corrected chi connectivity index (χ1v) is 8.12. The van der Waals surface area contributed by atoms with Crippen LogP contribution in [0.5, 0.6) is 0 Å². The molecule has 0 spiro atoms. The lowest BCUT2D eigenvalue weighted by atomic mass is 10.2. The zero-order chi connectivity index (χ0) is 18.8. The van der Waals surface area contributed by atoms with E-state index in [4.69, 9.17) is 4.74 Å². The van der Waals surface area contributed by atoms with E-state index in [2.05, 4.69) is 15.8 Å². The third-order valence-corrected chi connectivity index (χ3v) is 3.36. The minimum Gasteiger partial charge on any atom is -0.460 e. The number of nitrogens with zero attached hydrogens (tertiary/aromatic N) is 2. The number of esters is 1. The molecule has 26 heavy (non-hydrogen) atoms. The number of non-ortho nitro benzene ring substituents is 1. The molecule has 0 heterocycles. The highest BCUT2D eigenvalue weighted by atomic mass is 16.6. The molecular weight excluding hydrogens is 336 g/mol. The number of ether oxygens (including phenoxy) is 1. The lowest BCUT2D eigenvalue weighted by molar-refractivity contribution is -0.384. The second-order valence-corrected chi connectivity index (χ2v) is 5.24. The molecule has 2 rings (SSSR count). The van der Waals surface area contributed by atoms with E-state index >= 15 is 0 Å². The van der Waals surface area contributed by atoms with Gasteiger partial charge in [-0.15, -0.1) is 0 Å². The zero-order valence-corrected chi connectivity index (χ0v) is 14.3. The molecule has 0 saturated heterocycles. The molecule has 8 heteroatoms. The van der Waals surface area contributed by atoms with Crippen LogP contribution in [0.15, 0.2) is 59.6 Å². The molecule has 2 N–H and O–H groups in total. The number of carbonyl (C=O) groups excluding carboxylic acids is 1. The van der Waals surface area contributed by atoms with Crippen molar-refractivity contribution in [1.82, 2.24) is 5.43 Å². The Labute approximate surface area is 151 Å². The molecule has 0 radical (unpaired) electrons. The number of benzene rings is 2. The monoisotopic (exact) mass is 356 g/mol. The third-order valence-electron chi connectivity index (χ3n) is 3.36. The van der Waals surface area contributed by atoms with E-state index in [1.165, 1.54) is 12.1 Å². The Bertz CT molecular complexity index is 778. The van der Waals surface area contributed by atoms with E-state index in [9.17, 15) is 14.9 Å². The number of hydrogen-bond donors (Lipinski definition) is 2.